The van der Waals surface area contributed by atoms with Crippen molar-refractivity contribution < 1.29 is 28.4 Å². The Morgan fingerprint density at radius 3 is 0.705 bits per heavy atom. The van der Waals surface area contributed by atoms with E-state index >= 15 is 0 Å². The van der Waals surface area contributed by atoms with Crippen molar-refractivity contribution in [2.45, 2.75) is 293 Å². The van der Waals surface area contributed by atoms with Gasteiger partial charge in [0, 0.05) is 28.4 Å². The summed E-state index contributed by atoms with van der Waals surface area (Å²) in [6, 6.07) is 0. The third kappa shape index (κ3) is 35.7. The Kier molecular flexibility index (Phi) is 40.2. The zero-order valence-electron chi connectivity index (χ0n) is 45.0. The van der Waals surface area contributed by atoms with E-state index in [1.54, 1.807) is 0 Å². The number of hydrogen-bond acceptors (Lipinski definition) is 6. The fraction of sp³-hybridized carbons (Fsp3) is 1.00. The summed E-state index contributed by atoms with van der Waals surface area (Å²) in [5, 5.41) is 0. The largest absolute Gasteiger partial charge is 0.381 e. The minimum atomic E-state index is 0.00366. The molecule has 4 saturated carbocycles. The van der Waals surface area contributed by atoms with Crippen LogP contribution in [-0.2, 0) is 28.4 Å². The van der Waals surface area contributed by atoms with Crippen LogP contribution in [-0.4, -0.2) is 76.8 Å². The molecule has 370 valence electrons. The van der Waals surface area contributed by atoms with Gasteiger partial charge in [0.25, 0.3) is 0 Å². The van der Waals surface area contributed by atoms with Crippen molar-refractivity contribution in [3.8, 4) is 0 Å². The number of rotatable bonds is 13. The lowest BCUT2D eigenvalue weighted by molar-refractivity contribution is -0.0698. The Hall–Kier alpha value is -0.240. The van der Waals surface area contributed by atoms with Gasteiger partial charge in [0.15, 0.2) is 0 Å². The van der Waals surface area contributed by atoms with Gasteiger partial charge in [-0.3, -0.25) is 0 Å². The van der Waals surface area contributed by atoms with Gasteiger partial charge in [0.1, 0.15) is 0 Å². The minimum Gasteiger partial charge on any atom is -0.381 e. The second-order valence-corrected chi connectivity index (χ2v) is 21.4. The van der Waals surface area contributed by atoms with Gasteiger partial charge in [-0.05, 0) is 163 Å². The average molecular weight is 872 g/mol. The topological polar surface area (TPSA) is 55.4 Å². The summed E-state index contributed by atoms with van der Waals surface area (Å²) in [7, 11) is 7.29. The average Bonchev–Trinajstić information content (AvgIpc) is 3.62. The van der Waals surface area contributed by atoms with E-state index in [1.165, 1.54) is 141 Å². The molecule has 6 unspecified atom stereocenters. The molecule has 0 N–H and O–H groups in total. The Labute approximate surface area is 384 Å². The van der Waals surface area contributed by atoms with Crippen LogP contribution in [0.1, 0.15) is 245 Å². The van der Waals surface area contributed by atoms with E-state index in [4.69, 9.17) is 28.4 Å². The van der Waals surface area contributed by atoms with Crippen molar-refractivity contribution in [3.63, 3.8) is 0 Å². The van der Waals surface area contributed by atoms with Gasteiger partial charge in [0.2, 0.25) is 0 Å². The fourth-order valence-corrected chi connectivity index (χ4v) is 8.82. The highest BCUT2D eigenvalue weighted by Gasteiger charge is 2.22. The summed E-state index contributed by atoms with van der Waals surface area (Å²) in [6.07, 6.45) is 34.1. The van der Waals surface area contributed by atoms with Gasteiger partial charge in [-0.2, -0.15) is 0 Å². The third-order valence-corrected chi connectivity index (χ3v) is 14.1. The van der Waals surface area contributed by atoms with Crippen molar-refractivity contribution in [1.29, 1.82) is 0 Å². The maximum atomic E-state index is 5.70. The first-order valence-electron chi connectivity index (χ1n) is 26.2. The quantitative estimate of drug-likeness (QED) is 0.172. The van der Waals surface area contributed by atoms with Crippen molar-refractivity contribution in [2.24, 2.45) is 35.5 Å². The highest BCUT2D eigenvalue weighted by Crippen LogP contribution is 2.30. The maximum absolute atomic E-state index is 5.70. The lowest BCUT2D eigenvalue weighted by atomic mass is 9.86. The zero-order valence-corrected chi connectivity index (χ0v) is 45.0. The summed E-state index contributed by atoms with van der Waals surface area (Å²) in [5.41, 5.74) is 0.00366. The van der Waals surface area contributed by atoms with Crippen LogP contribution in [0.25, 0.3) is 0 Å². The molecule has 0 aromatic heterocycles. The third-order valence-electron chi connectivity index (χ3n) is 14.1. The second-order valence-electron chi connectivity index (χ2n) is 21.4. The summed E-state index contributed by atoms with van der Waals surface area (Å²) in [4.78, 5) is 0. The Balaban J connectivity index is 0. The molecule has 6 nitrogen and oxygen atoms in total. The maximum Gasteiger partial charge on any atom is 0.0602 e. The SMILES string of the molecule is CC(C)C(C)OC(C)(C)C.CC(C)OC(C)C(C)C.COC(C)C1CCCC1.COC(C)C1CCCCC1.COC(C)C1CCCCCC1.COC(C)C1CCCCCCC1. The molecule has 4 aliphatic carbocycles. The van der Waals surface area contributed by atoms with E-state index in [2.05, 4.69) is 104 Å². The predicted molar refractivity (Wildman–Crippen MR) is 267 cm³/mol. The zero-order chi connectivity index (χ0) is 46.8. The Bertz CT molecular complexity index is 888. The molecule has 0 saturated heterocycles. The van der Waals surface area contributed by atoms with Gasteiger partial charge in [-0.1, -0.05) is 118 Å². The van der Waals surface area contributed by atoms with Crippen LogP contribution in [0, 0.1) is 35.5 Å². The van der Waals surface area contributed by atoms with Gasteiger partial charge < -0.3 is 28.4 Å². The molecule has 4 rings (SSSR count). The molecule has 0 amide bonds. The highest BCUT2D eigenvalue weighted by molar-refractivity contribution is 4.73. The molecule has 0 heterocycles. The minimum absolute atomic E-state index is 0.00366. The molecule has 61 heavy (non-hydrogen) atoms. The van der Waals surface area contributed by atoms with Crippen LogP contribution < -0.4 is 0 Å². The summed E-state index contributed by atoms with van der Waals surface area (Å²) in [6.45, 7) is 32.1. The molecule has 4 fully saturated rings. The smallest absolute Gasteiger partial charge is 0.0602 e. The number of hydrogen-bond donors (Lipinski definition) is 0. The summed E-state index contributed by atoms with van der Waals surface area (Å²) < 4.78 is 32.5. The fourth-order valence-electron chi connectivity index (χ4n) is 8.82. The van der Waals surface area contributed by atoms with E-state index < -0.39 is 0 Å². The van der Waals surface area contributed by atoms with Crippen molar-refractivity contribution in [1.82, 2.24) is 0 Å². The first-order valence-corrected chi connectivity index (χ1v) is 26.2. The predicted octanol–water partition coefficient (Wildman–Crippen LogP) is 16.5. The first-order chi connectivity index (χ1) is 28.7. The highest BCUT2D eigenvalue weighted by atomic mass is 16.5. The lowest BCUT2D eigenvalue weighted by Gasteiger charge is -2.27. The molecule has 0 radical (unpaired) electrons. The monoisotopic (exact) mass is 871 g/mol. The van der Waals surface area contributed by atoms with Crippen molar-refractivity contribution in [3.05, 3.63) is 0 Å². The van der Waals surface area contributed by atoms with E-state index in [9.17, 15) is 0 Å². The second kappa shape index (κ2) is 39.0. The van der Waals surface area contributed by atoms with Crippen molar-refractivity contribution in [2.75, 3.05) is 28.4 Å². The van der Waals surface area contributed by atoms with E-state index in [0.29, 0.717) is 54.6 Å². The molecule has 0 spiro atoms. The Morgan fingerprint density at radius 2 is 0.541 bits per heavy atom. The molecular formula is C55H114O6. The summed E-state index contributed by atoms with van der Waals surface area (Å²) >= 11 is 0. The van der Waals surface area contributed by atoms with E-state index in [1.807, 2.05) is 28.4 Å². The normalized spacial score (nSPS) is 21.7. The molecule has 6 atom stereocenters. The summed E-state index contributed by atoms with van der Waals surface area (Å²) in [5.74, 6) is 4.61. The van der Waals surface area contributed by atoms with Crippen LogP contribution in [0.5, 0.6) is 0 Å². The van der Waals surface area contributed by atoms with Gasteiger partial charge >= 0.3 is 0 Å². The molecule has 4 aliphatic rings. The van der Waals surface area contributed by atoms with Crippen LogP contribution in [0.15, 0.2) is 0 Å². The van der Waals surface area contributed by atoms with Gasteiger partial charge in [-0.25, -0.2) is 0 Å². The van der Waals surface area contributed by atoms with Crippen LogP contribution >= 0.6 is 0 Å². The van der Waals surface area contributed by atoms with Crippen molar-refractivity contribution >= 4 is 0 Å². The molecule has 0 aromatic carbocycles. The van der Waals surface area contributed by atoms with E-state index in [0.717, 1.165) is 23.7 Å². The molecule has 0 aliphatic heterocycles. The number of methoxy groups -OCH3 is 4. The van der Waals surface area contributed by atoms with Gasteiger partial charge in [0.05, 0.1) is 48.3 Å². The molecular weight excluding hydrogens is 757 g/mol. The molecule has 0 bridgehead atoms. The lowest BCUT2D eigenvalue weighted by Crippen LogP contribution is -2.28. The standard InChI is InChI=1S/C11H22O.C10H20O.C9H18O.C9H20O.C8H16O.C8H18O/c1-10(12-2)11-8-6-4-3-5-7-9-11;1-9(11-2)10-7-5-3-4-6-8-10;1-8(10-2)9-6-4-3-5-7-9;1-7(2)8(3)10-9(4,5)6;1-7(9-2)8-5-3-4-6-8;1-6(2)8(5)9-7(3)4/h10-11H,3-9H2,1-2H3;9-10H,3-8H2,1-2H3;8-9H,3-7H2,1-2H3;7-8H,1-6H3;7-8H,3-6H2,1-2H3;6-8H,1-5H3. The van der Waals surface area contributed by atoms with Gasteiger partial charge in [-0.15, -0.1) is 0 Å². The first kappa shape index (κ1) is 62.8. The van der Waals surface area contributed by atoms with E-state index in [-0.39, 0.29) is 5.60 Å². The van der Waals surface area contributed by atoms with Crippen LogP contribution in [0.4, 0.5) is 0 Å². The Morgan fingerprint density at radius 1 is 0.328 bits per heavy atom. The van der Waals surface area contributed by atoms with Crippen LogP contribution in [0.3, 0.4) is 0 Å². The molecule has 6 heteroatoms. The van der Waals surface area contributed by atoms with Crippen LogP contribution in [0.2, 0.25) is 0 Å². The number of ether oxygens (including phenoxy) is 6. The molecule has 0 aromatic rings.